The Morgan fingerprint density at radius 1 is 0.844 bits per heavy atom. The number of para-hydroxylation sites is 1. The molecule has 1 saturated heterocycles. The van der Waals surface area contributed by atoms with Crippen molar-refractivity contribution in [3.63, 3.8) is 0 Å². The molecule has 0 amide bonds. The zero-order valence-electron chi connectivity index (χ0n) is 25.3. The highest BCUT2D eigenvalue weighted by molar-refractivity contribution is 9.10. The summed E-state index contributed by atoms with van der Waals surface area (Å²) in [7, 11) is 1.67. The maximum atomic E-state index is 6.37. The van der Waals surface area contributed by atoms with Gasteiger partial charge in [0, 0.05) is 58.6 Å². The number of morpholine rings is 1. The lowest BCUT2D eigenvalue weighted by Crippen LogP contribution is -2.37. The second-order valence-corrected chi connectivity index (χ2v) is 12.1. The molecule has 4 aromatic carbocycles. The van der Waals surface area contributed by atoms with Crippen LogP contribution in [0.25, 0.3) is 44.3 Å². The molecule has 1 aliphatic rings. The Hall–Kier alpha value is -4.24. The Morgan fingerprint density at radius 2 is 1.67 bits per heavy atom. The minimum atomic E-state index is 0.587. The molecule has 8 heteroatoms. The van der Waals surface area contributed by atoms with Crippen LogP contribution in [0.2, 0.25) is 0 Å². The van der Waals surface area contributed by atoms with Gasteiger partial charge in [0.1, 0.15) is 6.33 Å². The summed E-state index contributed by atoms with van der Waals surface area (Å²) in [5.41, 5.74) is 7.33. The van der Waals surface area contributed by atoms with Crippen molar-refractivity contribution in [1.29, 1.82) is 0 Å². The molecule has 0 saturated carbocycles. The normalized spacial score (nSPS) is 13.8. The Morgan fingerprint density at radius 3 is 2.49 bits per heavy atom. The SMILES string of the molecule is COc1cc2ncnc(-c3c(-c4ccccc4)n(Cc4cccc(Br)c4)c4ccccc34)c2cc1OCCCN1CCOCC1. The van der Waals surface area contributed by atoms with Crippen LogP contribution in [0.5, 0.6) is 11.5 Å². The molecule has 45 heavy (non-hydrogen) atoms. The zero-order valence-corrected chi connectivity index (χ0v) is 26.9. The lowest BCUT2D eigenvalue weighted by atomic mass is 9.99. The molecule has 0 N–H and O–H groups in total. The molecule has 0 bridgehead atoms. The largest absolute Gasteiger partial charge is 0.493 e. The molecule has 7 nitrogen and oxygen atoms in total. The van der Waals surface area contributed by atoms with Crippen LogP contribution >= 0.6 is 15.9 Å². The first kappa shape index (κ1) is 29.5. The van der Waals surface area contributed by atoms with E-state index < -0.39 is 0 Å². The van der Waals surface area contributed by atoms with Crippen molar-refractivity contribution in [2.45, 2.75) is 13.0 Å². The predicted octanol–water partition coefficient (Wildman–Crippen LogP) is 7.84. The highest BCUT2D eigenvalue weighted by atomic mass is 79.9. The fourth-order valence-electron chi connectivity index (χ4n) is 6.25. The Kier molecular flexibility index (Phi) is 8.78. The van der Waals surface area contributed by atoms with E-state index >= 15 is 0 Å². The molecular formula is C37H35BrN4O3. The van der Waals surface area contributed by atoms with Gasteiger partial charge in [0.2, 0.25) is 0 Å². The number of halogens is 1. The van der Waals surface area contributed by atoms with Crippen LogP contribution in [0.3, 0.4) is 0 Å². The summed E-state index contributed by atoms with van der Waals surface area (Å²) in [4.78, 5) is 12.0. The van der Waals surface area contributed by atoms with Crippen molar-refractivity contribution >= 4 is 37.7 Å². The molecule has 1 aliphatic heterocycles. The number of ether oxygens (including phenoxy) is 3. The molecule has 0 radical (unpaired) electrons. The van der Waals surface area contributed by atoms with Crippen molar-refractivity contribution in [3.05, 3.63) is 107 Å². The number of hydrogen-bond donors (Lipinski definition) is 0. The van der Waals surface area contributed by atoms with Gasteiger partial charge >= 0.3 is 0 Å². The molecule has 0 atom stereocenters. The van der Waals surface area contributed by atoms with E-state index in [1.54, 1.807) is 13.4 Å². The van der Waals surface area contributed by atoms with Crippen LogP contribution in [0.1, 0.15) is 12.0 Å². The van der Waals surface area contributed by atoms with Gasteiger partial charge < -0.3 is 18.8 Å². The molecule has 1 fully saturated rings. The summed E-state index contributed by atoms with van der Waals surface area (Å²) >= 11 is 3.66. The van der Waals surface area contributed by atoms with Crippen LogP contribution in [-0.2, 0) is 11.3 Å². The molecule has 0 aliphatic carbocycles. The Bertz CT molecular complexity index is 1940. The first-order valence-corrected chi connectivity index (χ1v) is 16.2. The van der Waals surface area contributed by atoms with E-state index in [1.807, 2.05) is 12.1 Å². The highest BCUT2D eigenvalue weighted by Gasteiger charge is 2.24. The first-order chi connectivity index (χ1) is 22.2. The molecule has 3 heterocycles. The molecule has 228 valence electrons. The van der Waals surface area contributed by atoms with E-state index in [-0.39, 0.29) is 0 Å². The van der Waals surface area contributed by atoms with Crippen molar-refractivity contribution in [2.24, 2.45) is 0 Å². The summed E-state index contributed by atoms with van der Waals surface area (Å²) in [5, 5.41) is 2.05. The molecule has 7 rings (SSSR count). The quantitative estimate of drug-likeness (QED) is 0.139. The number of fused-ring (bicyclic) bond motifs is 2. The van der Waals surface area contributed by atoms with E-state index in [0.29, 0.717) is 24.7 Å². The fourth-order valence-corrected chi connectivity index (χ4v) is 6.70. The van der Waals surface area contributed by atoms with E-state index in [9.17, 15) is 0 Å². The highest BCUT2D eigenvalue weighted by Crippen LogP contribution is 2.44. The third kappa shape index (κ3) is 6.18. The standard InChI is InChI=1S/C37H35BrN4O3/c1-43-33-23-31-30(22-34(33)45-18-8-15-41-16-19-44-20-17-41)36(40-25-39-31)35-29-13-5-6-14-32(29)42(24-26-9-7-12-28(38)21-26)37(35)27-10-3-2-4-11-27/h2-7,9-14,21-23,25H,8,15-20,24H2,1H3. The second kappa shape index (κ2) is 13.4. The topological polar surface area (TPSA) is 61.6 Å². The minimum Gasteiger partial charge on any atom is -0.493 e. The van der Waals surface area contributed by atoms with Gasteiger partial charge in [0.15, 0.2) is 11.5 Å². The van der Waals surface area contributed by atoms with Crippen molar-refractivity contribution in [2.75, 3.05) is 46.6 Å². The monoisotopic (exact) mass is 662 g/mol. The molecular weight excluding hydrogens is 628 g/mol. The Balaban J connectivity index is 1.35. The fraction of sp³-hybridized carbons (Fsp3) is 0.243. The Labute approximate surface area is 271 Å². The predicted molar refractivity (Wildman–Crippen MR) is 183 cm³/mol. The zero-order chi connectivity index (χ0) is 30.6. The lowest BCUT2D eigenvalue weighted by molar-refractivity contribution is 0.0357. The second-order valence-electron chi connectivity index (χ2n) is 11.2. The summed E-state index contributed by atoms with van der Waals surface area (Å²) < 4.78 is 21.1. The van der Waals surface area contributed by atoms with Gasteiger partial charge in [-0.25, -0.2) is 9.97 Å². The van der Waals surface area contributed by atoms with E-state index in [1.165, 1.54) is 5.56 Å². The summed E-state index contributed by atoms with van der Waals surface area (Å²) in [6, 6.07) is 31.7. The van der Waals surface area contributed by atoms with Gasteiger partial charge in [0.25, 0.3) is 0 Å². The first-order valence-electron chi connectivity index (χ1n) is 15.4. The van der Waals surface area contributed by atoms with Gasteiger partial charge in [-0.3, -0.25) is 4.90 Å². The lowest BCUT2D eigenvalue weighted by Gasteiger charge is -2.26. The van der Waals surface area contributed by atoms with Crippen LogP contribution < -0.4 is 9.47 Å². The molecule has 0 unspecified atom stereocenters. The van der Waals surface area contributed by atoms with Crippen molar-refractivity contribution in [3.8, 4) is 34.0 Å². The summed E-state index contributed by atoms with van der Waals surface area (Å²) in [5.74, 6) is 1.36. The average molecular weight is 664 g/mol. The van der Waals surface area contributed by atoms with Crippen molar-refractivity contribution in [1.82, 2.24) is 19.4 Å². The van der Waals surface area contributed by atoms with Gasteiger partial charge in [0.05, 0.1) is 43.8 Å². The number of benzene rings is 4. The minimum absolute atomic E-state index is 0.587. The smallest absolute Gasteiger partial charge is 0.162 e. The third-order valence-electron chi connectivity index (χ3n) is 8.39. The van der Waals surface area contributed by atoms with Gasteiger partial charge in [-0.1, -0.05) is 76.6 Å². The van der Waals surface area contributed by atoms with Gasteiger partial charge in [-0.15, -0.1) is 0 Å². The number of methoxy groups -OCH3 is 1. The molecule has 0 spiro atoms. The van der Waals surface area contributed by atoms with E-state index in [0.717, 1.165) is 88.1 Å². The summed E-state index contributed by atoms with van der Waals surface area (Å²) in [6.45, 7) is 5.81. The molecule has 2 aromatic heterocycles. The van der Waals surface area contributed by atoms with Crippen molar-refractivity contribution < 1.29 is 14.2 Å². The maximum Gasteiger partial charge on any atom is 0.162 e. The van der Waals surface area contributed by atoms with Crippen LogP contribution in [0.4, 0.5) is 0 Å². The number of rotatable bonds is 10. The van der Waals surface area contributed by atoms with E-state index in [2.05, 4.69) is 109 Å². The average Bonchev–Trinajstić information content (AvgIpc) is 3.40. The van der Waals surface area contributed by atoms with E-state index in [4.69, 9.17) is 19.2 Å². The van der Waals surface area contributed by atoms with Gasteiger partial charge in [-0.2, -0.15) is 0 Å². The summed E-state index contributed by atoms with van der Waals surface area (Å²) in [6.07, 6.45) is 2.57. The number of aromatic nitrogens is 3. The number of hydrogen-bond acceptors (Lipinski definition) is 6. The maximum absolute atomic E-state index is 6.37. The molecule has 6 aromatic rings. The van der Waals surface area contributed by atoms with Crippen LogP contribution in [0.15, 0.2) is 102 Å². The number of nitrogens with zero attached hydrogens (tertiary/aromatic N) is 4. The van der Waals surface area contributed by atoms with Crippen LogP contribution in [-0.4, -0.2) is 66.0 Å². The van der Waals surface area contributed by atoms with Crippen LogP contribution in [0, 0.1) is 0 Å². The third-order valence-corrected chi connectivity index (χ3v) is 8.88. The van der Waals surface area contributed by atoms with Gasteiger partial charge in [-0.05, 0) is 41.8 Å².